The summed E-state index contributed by atoms with van der Waals surface area (Å²) in [6.45, 7) is 4.08. The zero-order valence-electron chi connectivity index (χ0n) is 14.4. The third kappa shape index (κ3) is 2.76. The van der Waals surface area contributed by atoms with Crippen molar-refractivity contribution in [2.24, 2.45) is 5.41 Å². The van der Waals surface area contributed by atoms with E-state index in [-0.39, 0.29) is 16.9 Å². The fourth-order valence-electron chi connectivity index (χ4n) is 3.61. The fraction of sp³-hybridized carbons (Fsp3) is 0.333. The number of nitrogens with one attached hydrogen (secondary N) is 2. The predicted octanol–water partition coefficient (Wildman–Crippen LogP) is 1.19. The molecule has 1 aromatic heterocycles. The largest absolute Gasteiger partial charge is 0.539 e. The number of ketones is 1. The van der Waals surface area contributed by atoms with Gasteiger partial charge < -0.3 is 20.3 Å². The van der Waals surface area contributed by atoms with Crippen LogP contribution in [0.15, 0.2) is 46.1 Å². The number of allylic oxidation sites excluding steroid dienone is 1. The lowest BCUT2D eigenvalue weighted by Gasteiger charge is -2.38. The number of hydrogen-bond donors (Lipinski definition) is 2. The number of carbonyl (C=O) groups excluding carboxylic acids is 1. The molecule has 1 aliphatic heterocycles. The molecule has 2 N–H and O–H groups in total. The molecule has 1 unspecified atom stereocenters. The highest BCUT2D eigenvalue weighted by Gasteiger charge is 2.44. The molecule has 0 saturated carbocycles. The molecule has 0 radical (unpaired) electrons. The van der Waals surface area contributed by atoms with E-state index < -0.39 is 12.0 Å². The number of benzene rings is 1. The lowest BCUT2D eigenvalue weighted by molar-refractivity contribution is -0.678. The number of aromatic nitrogens is 2. The second kappa shape index (κ2) is 5.91. The molecular formula is C18H18N4O3S. The number of rotatable bonds is 2. The van der Waals surface area contributed by atoms with Crippen LogP contribution in [0.2, 0.25) is 0 Å². The summed E-state index contributed by atoms with van der Waals surface area (Å²) in [4.78, 5) is 12.9. The minimum Gasteiger partial charge on any atom is -0.539 e. The van der Waals surface area contributed by atoms with Crippen LogP contribution in [0.3, 0.4) is 0 Å². The Kier molecular flexibility index (Phi) is 3.80. The van der Waals surface area contributed by atoms with Gasteiger partial charge in [-0.25, -0.2) is 0 Å². The summed E-state index contributed by atoms with van der Waals surface area (Å²) in [5.74, 6) is -0.607. The van der Waals surface area contributed by atoms with Crippen LogP contribution in [0.4, 0.5) is 0 Å². The molecule has 0 spiro atoms. The van der Waals surface area contributed by atoms with Gasteiger partial charge in [-0.15, -0.1) is 0 Å². The summed E-state index contributed by atoms with van der Waals surface area (Å²) < 4.78 is 6.34. The molecule has 2 heterocycles. The van der Waals surface area contributed by atoms with Crippen LogP contribution < -0.4 is 20.4 Å². The number of hydrogen-bond acceptors (Lipinski definition) is 5. The van der Waals surface area contributed by atoms with Gasteiger partial charge in [0, 0.05) is 29.8 Å². The summed E-state index contributed by atoms with van der Waals surface area (Å²) in [5, 5.41) is 22.8. The monoisotopic (exact) mass is 370 g/mol. The zero-order valence-corrected chi connectivity index (χ0v) is 15.2. The summed E-state index contributed by atoms with van der Waals surface area (Å²) >= 11 is 5.31. The molecule has 0 bridgehead atoms. The number of thiocarbonyl (C=S) groups is 1. The van der Waals surface area contributed by atoms with Crippen LogP contribution in [0, 0.1) is 5.41 Å². The molecular weight excluding hydrogens is 352 g/mol. The Hall–Kier alpha value is -2.74. The SMILES string of the molecule is CC1(C)CC(=O)C2=C(C1)NC(=S)NC2c1c([O-])on[n+]1-c1ccccc1. The van der Waals surface area contributed by atoms with Crippen LogP contribution in [0.25, 0.3) is 5.69 Å². The molecule has 2 aromatic rings. The molecule has 2 aliphatic rings. The number of nitrogens with zero attached hydrogens (tertiary/aromatic N) is 2. The second-order valence-corrected chi connectivity index (χ2v) is 7.77. The van der Waals surface area contributed by atoms with E-state index in [4.69, 9.17) is 16.7 Å². The molecule has 26 heavy (non-hydrogen) atoms. The summed E-state index contributed by atoms with van der Waals surface area (Å²) in [7, 11) is 0. The number of Topliss-reactive ketones (excluding diaryl/α,β-unsaturated/α-hetero) is 1. The molecule has 0 saturated heterocycles. The first-order chi connectivity index (χ1) is 12.4. The van der Waals surface area contributed by atoms with E-state index >= 15 is 0 Å². The van der Waals surface area contributed by atoms with E-state index in [9.17, 15) is 9.90 Å². The van der Waals surface area contributed by atoms with Crippen molar-refractivity contribution in [1.29, 1.82) is 0 Å². The number of para-hydroxylation sites is 1. The minimum atomic E-state index is -0.693. The van der Waals surface area contributed by atoms with Gasteiger partial charge in [0.1, 0.15) is 6.04 Å². The van der Waals surface area contributed by atoms with Crippen molar-refractivity contribution in [2.45, 2.75) is 32.7 Å². The molecule has 1 aliphatic carbocycles. The van der Waals surface area contributed by atoms with Crippen molar-refractivity contribution in [3.8, 4) is 11.6 Å². The highest BCUT2D eigenvalue weighted by Crippen LogP contribution is 2.41. The maximum absolute atomic E-state index is 12.9. The number of carbonyl (C=O) groups is 1. The molecule has 1 aromatic carbocycles. The lowest BCUT2D eigenvalue weighted by atomic mass is 9.73. The lowest BCUT2D eigenvalue weighted by Crippen LogP contribution is -2.52. The standard InChI is InChI=1S/C18H18N4O3S/c1-18(2)8-11-13(12(23)9-18)14(20-17(26)19-11)15-16(24)25-21-22(15)10-6-4-3-5-7-10/h3-7,14H,8-9H2,1-2H3,(H2-,19,20,21,23,24,26). The average Bonchev–Trinajstić information content (AvgIpc) is 2.94. The highest BCUT2D eigenvalue weighted by atomic mass is 32.1. The first-order valence-electron chi connectivity index (χ1n) is 8.34. The summed E-state index contributed by atoms with van der Waals surface area (Å²) in [6.07, 6.45) is 1.08. The molecule has 0 amide bonds. The van der Waals surface area contributed by atoms with E-state index in [1.54, 1.807) is 0 Å². The van der Waals surface area contributed by atoms with Crippen LogP contribution in [0.5, 0.6) is 5.95 Å². The van der Waals surface area contributed by atoms with E-state index in [2.05, 4.69) is 15.9 Å². The molecule has 1 atom stereocenters. The maximum Gasteiger partial charge on any atom is 0.266 e. The Morgan fingerprint density at radius 3 is 2.77 bits per heavy atom. The molecule has 7 nitrogen and oxygen atoms in total. The third-order valence-electron chi connectivity index (χ3n) is 4.67. The quantitative estimate of drug-likeness (QED) is 0.606. The maximum atomic E-state index is 12.9. The molecule has 134 valence electrons. The van der Waals surface area contributed by atoms with Gasteiger partial charge >= 0.3 is 0 Å². The van der Waals surface area contributed by atoms with Gasteiger partial charge in [-0.05, 0) is 28.7 Å². The summed E-state index contributed by atoms with van der Waals surface area (Å²) in [6, 6.07) is 8.47. The van der Waals surface area contributed by atoms with Crippen LogP contribution in [-0.4, -0.2) is 16.2 Å². The van der Waals surface area contributed by atoms with Crippen molar-refractivity contribution >= 4 is 23.1 Å². The fourth-order valence-corrected chi connectivity index (χ4v) is 3.85. The van der Waals surface area contributed by atoms with Crippen molar-refractivity contribution in [2.75, 3.05) is 0 Å². The first kappa shape index (κ1) is 16.7. The van der Waals surface area contributed by atoms with Crippen molar-refractivity contribution in [3.63, 3.8) is 0 Å². The minimum absolute atomic E-state index is 0.0102. The highest BCUT2D eigenvalue weighted by molar-refractivity contribution is 7.80. The Balaban J connectivity index is 1.87. The van der Waals surface area contributed by atoms with Gasteiger partial charge in [0.15, 0.2) is 16.8 Å². The van der Waals surface area contributed by atoms with E-state index in [1.807, 2.05) is 44.2 Å². The normalized spacial score (nSPS) is 21.8. The van der Waals surface area contributed by atoms with Gasteiger partial charge in [0.2, 0.25) is 5.69 Å². The first-order valence-corrected chi connectivity index (χ1v) is 8.75. The van der Waals surface area contributed by atoms with Crippen LogP contribution in [0.1, 0.15) is 38.4 Å². The van der Waals surface area contributed by atoms with Crippen molar-refractivity contribution in [1.82, 2.24) is 15.9 Å². The van der Waals surface area contributed by atoms with E-state index in [1.165, 1.54) is 4.68 Å². The van der Waals surface area contributed by atoms with E-state index in [0.717, 1.165) is 5.70 Å². The molecule has 0 fully saturated rings. The Morgan fingerprint density at radius 1 is 1.31 bits per heavy atom. The Morgan fingerprint density at radius 2 is 2.04 bits per heavy atom. The Labute approximate surface area is 155 Å². The molecule has 8 heteroatoms. The predicted molar refractivity (Wildman–Crippen MR) is 94.1 cm³/mol. The molecule has 4 rings (SSSR count). The smallest absolute Gasteiger partial charge is 0.266 e. The van der Waals surface area contributed by atoms with Gasteiger partial charge in [0.25, 0.3) is 5.69 Å². The Bertz CT molecular complexity index is 933. The average molecular weight is 370 g/mol. The topological polar surface area (TPSA) is 94.1 Å². The van der Waals surface area contributed by atoms with Crippen LogP contribution in [-0.2, 0) is 4.79 Å². The van der Waals surface area contributed by atoms with Crippen LogP contribution >= 0.6 is 12.2 Å². The summed E-state index contributed by atoms with van der Waals surface area (Å²) in [5.41, 5.74) is 2.04. The van der Waals surface area contributed by atoms with Gasteiger partial charge in [0.05, 0.1) is 5.27 Å². The van der Waals surface area contributed by atoms with E-state index in [0.29, 0.717) is 29.2 Å². The van der Waals surface area contributed by atoms with Gasteiger partial charge in [-0.2, -0.15) is 0 Å². The second-order valence-electron chi connectivity index (χ2n) is 7.36. The van der Waals surface area contributed by atoms with Gasteiger partial charge in [-0.1, -0.05) is 32.0 Å². The van der Waals surface area contributed by atoms with Crippen molar-refractivity contribution in [3.05, 3.63) is 47.3 Å². The van der Waals surface area contributed by atoms with Crippen molar-refractivity contribution < 1.29 is 19.1 Å². The van der Waals surface area contributed by atoms with Gasteiger partial charge in [-0.3, -0.25) is 4.79 Å². The third-order valence-corrected chi connectivity index (χ3v) is 4.89. The zero-order chi connectivity index (χ0) is 18.5.